The van der Waals surface area contributed by atoms with Gasteiger partial charge in [-0.25, -0.2) is 4.39 Å². The van der Waals surface area contributed by atoms with E-state index in [9.17, 15) is 14.0 Å². The Labute approximate surface area is 117 Å². The van der Waals surface area contributed by atoms with Gasteiger partial charge in [-0.1, -0.05) is 0 Å². The van der Waals surface area contributed by atoms with E-state index in [0.29, 0.717) is 30.6 Å². The van der Waals surface area contributed by atoms with Crippen LogP contribution in [0.1, 0.15) is 29.3 Å². The summed E-state index contributed by atoms with van der Waals surface area (Å²) in [6, 6.07) is 4.29. The summed E-state index contributed by atoms with van der Waals surface area (Å²) >= 11 is 0. The molecule has 1 fully saturated rings. The molecule has 20 heavy (non-hydrogen) atoms. The van der Waals surface area contributed by atoms with Crippen LogP contribution in [0.2, 0.25) is 0 Å². The van der Waals surface area contributed by atoms with Gasteiger partial charge in [-0.3, -0.25) is 9.59 Å². The monoisotopic (exact) mass is 279 g/mol. The van der Waals surface area contributed by atoms with E-state index < -0.39 is 5.41 Å². The number of benzene rings is 1. The van der Waals surface area contributed by atoms with Crippen molar-refractivity contribution in [2.24, 2.45) is 5.41 Å². The quantitative estimate of drug-likeness (QED) is 0.779. The molecule has 0 aromatic heterocycles. The number of carbonyl (C=O) groups excluding carboxylic acids is 2. The van der Waals surface area contributed by atoms with Gasteiger partial charge in [-0.15, -0.1) is 0 Å². The third-order valence-corrected chi connectivity index (χ3v) is 3.84. The first-order chi connectivity index (χ1) is 9.37. The lowest BCUT2D eigenvalue weighted by molar-refractivity contribution is -0.150. The van der Waals surface area contributed by atoms with Crippen molar-refractivity contribution in [1.29, 1.82) is 0 Å². The standard InChI is InChI=1S/C15H18FNO3/c1-10-8-11(4-5-12(10)16)13(18)17-7-6-15(2,9-17)14(19)20-3/h4-5,8H,6-7,9H2,1-3H3. The molecule has 1 atom stereocenters. The van der Waals surface area contributed by atoms with E-state index in [4.69, 9.17) is 4.74 Å². The highest BCUT2D eigenvalue weighted by Gasteiger charge is 2.43. The summed E-state index contributed by atoms with van der Waals surface area (Å²) < 4.78 is 18.0. The number of esters is 1. The Morgan fingerprint density at radius 2 is 2.10 bits per heavy atom. The maximum Gasteiger partial charge on any atom is 0.313 e. The molecular formula is C15H18FNO3. The number of likely N-dealkylation sites (tertiary alicyclic amines) is 1. The minimum absolute atomic E-state index is 0.180. The molecule has 0 spiro atoms. The first-order valence-corrected chi connectivity index (χ1v) is 6.51. The predicted molar refractivity (Wildman–Crippen MR) is 71.8 cm³/mol. The Kier molecular flexibility index (Phi) is 3.79. The third kappa shape index (κ3) is 2.53. The fourth-order valence-corrected chi connectivity index (χ4v) is 2.51. The molecule has 5 heteroatoms. The smallest absolute Gasteiger partial charge is 0.313 e. The van der Waals surface area contributed by atoms with Gasteiger partial charge in [0.1, 0.15) is 5.82 Å². The molecule has 0 N–H and O–H groups in total. The van der Waals surface area contributed by atoms with Crippen LogP contribution in [0.3, 0.4) is 0 Å². The van der Waals surface area contributed by atoms with Crippen LogP contribution >= 0.6 is 0 Å². The molecule has 4 nitrogen and oxygen atoms in total. The molecule has 0 saturated carbocycles. The molecule has 0 aliphatic carbocycles. The van der Waals surface area contributed by atoms with Gasteiger partial charge in [0.05, 0.1) is 12.5 Å². The van der Waals surface area contributed by atoms with Gasteiger partial charge in [-0.05, 0) is 44.0 Å². The number of methoxy groups -OCH3 is 1. The summed E-state index contributed by atoms with van der Waals surface area (Å²) in [4.78, 5) is 25.7. The highest BCUT2D eigenvalue weighted by Crippen LogP contribution is 2.32. The number of nitrogens with zero attached hydrogens (tertiary/aromatic N) is 1. The van der Waals surface area contributed by atoms with Crippen molar-refractivity contribution in [3.8, 4) is 0 Å². The Morgan fingerprint density at radius 1 is 1.40 bits per heavy atom. The fourth-order valence-electron chi connectivity index (χ4n) is 2.51. The summed E-state index contributed by atoms with van der Waals surface area (Å²) in [5.41, 5.74) is 0.225. The Balaban J connectivity index is 2.15. The van der Waals surface area contributed by atoms with Crippen molar-refractivity contribution in [2.45, 2.75) is 20.3 Å². The van der Waals surface area contributed by atoms with Gasteiger partial charge in [0.25, 0.3) is 5.91 Å². The predicted octanol–water partition coefficient (Wildman–Crippen LogP) is 2.16. The summed E-state index contributed by atoms with van der Waals surface area (Å²) in [5, 5.41) is 0. The van der Waals surface area contributed by atoms with E-state index >= 15 is 0 Å². The van der Waals surface area contributed by atoms with E-state index in [-0.39, 0.29) is 17.7 Å². The van der Waals surface area contributed by atoms with Crippen molar-refractivity contribution in [2.75, 3.05) is 20.2 Å². The molecule has 1 aliphatic heterocycles. The summed E-state index contributed by atoms with van der Waals surface area (Å²) in [6.45, 7) is 4.24. The molecule has 1 amide bonds. The number of aryl methyl sites for hydroxylation is 1. The van der Waals surface area contributed by atoms with Crippen molar-refractivity contribution in [1.82, 2.24) is 4.90 Å². The number of ether oxygens (including phenoxy) is 1. The number of carbonyl (C=O) groups is 2. The number of hydrogen-bond donors (Lipinski definition) is 0. The van der Waals surface area contributed by atoms with E-state index in [0.717, 1.165) is 0 Å². The molecule has 1 aliphatic rings. The summed E-state index contributed by atoms with van der Waals surface area (Å²) in [5.74, 6) is -0.814. The molecule has 1 aromatic carbocycles. The zero-order chi connectivity index (χ0) is 14.9. The van der Waals surface area contributed by atoms with Crippen molar-refractivity contribution >= 4 is 11.9 Å². The number of hydrogen-bond acceptors (Lipinski definition) is 3. The van der Waals surface area contributed by atoms with Crippen molar-refractivity contribution in [3.05, 3.63) is 35.1 Å². The lowest BCUT2D eigenvalue weighted by Gasteiger charge is -2.22. The van der Waals surface area contributed by atoms with Gasteiger partial charge >= 0.3 is 5.97 Å². The normalized spacial score (nSPS) is 21.9. The summed E-state index contributed by atoms with van der Waals surface area (Å²) in [6.07, 6.45) is 0.575. The molecule has 108 valence electrons. The minimum atomic E-state index is -0.653. The Morgan fingerprint density at radius 3 is 2.70 bits per heavy atom. The van der Waals surface area contributed by atoms with Crippen molar-refractivity contribution in [3.63, 3.8) is 0 Å². The lowest BCUT2D eigenvalue weighted by atomic mass is 9.90. The van der Waals surface area contributed by atoms with Crippen LogP contribution in [0.4, 0.5) is 4.39 Å². The van der Waals surface area contributed by atoms with E-state index in [2.05, 4.69) is 0 Å². The van der Waals surface area contributed by atoms with Gasteiger partial charge in [0.15, 0.2) is 0 Å². The second-order valence-corrected chi connectivity index (χ2v) is 5.49. The summed E-state index contributed by atoms with van der Waals surface area (Å²) in [7, 11) is 1.35. The first-order valence-electron chi connectivity index (χ1n) is 6.51. The zero-order valence-corrected chi connectivity index (χ0v) is 11.9. The second kappa shape index (κ2) is 5.23. The van der Waals surface area contributed by atoms with Crippen LogP contribution in [0.5, 0.6) is 0 Å². The first kappa shape index (κ1) is 14.5. The minimum Gasteiger partial charge on any atom is -0.469 e. The molecule has 1 unspecified atom stereocenters. The SMILES string of the molecule is COC(=O)C1(C)CCN(C(=O)c2ccc(F)c(C)c2)C1. The zero-order valence-electron chi connectivity index (χ0n) is 11.9. The highest BCUT2D eigenvalue weighted by molar-refractivity contribution is 5.95. The van der Waals surface area contributed by atoms with Crippen LogP contribution in [-0.2, 0) is 9.53 Å². The van der Waals surface area contributed by atoms with E-state index in [1.807, 2.05) is 0 Å². The highest BCUT2D eigenvalue weighted by atomic mass is 19.1. The topological polar surface area (TPSA) is 46.6 Å². The molecule has 1 saturated heterocycles. The second-order valence-electron chi connectivity index (χ2n) is 5.49. The molecule has 2 rings (SSSR count). The van der Waals surface area contributed by atoms with Gasteiger partial charge in [-0.2, -0.15) is 0 Å². The van der Waals surface area contributed by atoms with Crippen LogP contribution in [0, 0.1) is 18.2 Å². The average molecular weight is 279 g/mol. The molecule has 1 aromatic rings. The van der Waals surface area contributed by atoms with Crippen LogP contribution in [0.15, 0.2) is 18.2 Å². The maximum atomic E-state index is 13.2. The number of rotatable bonds is 2. The fraction of sp³-hybridized carbons (Fsp3) is 0.467. The van der Waals surface area contributed by atoms with E-state index in [1.165, 1.54) is 25.3 Å². The van der Waals surface area contributed by atoms with Crippen LogP contribution in [-0.4, -0.2) is 37.0 Å². The number of amides is 1. The van der Waals surface area contributed by atoms with Crippen LogP contribution in [0.25, 0.3) is 0 Å². The Hall–Kier alpha value is -1.91. The number of halogens is 1. The van der Waals surface area contributed by atoms with Gasteiger partial charge < -0.3 is 9.64 Å². The molecular weight excluding hydrogens is 261 g/mol. The largest absolute Gasteiger partial charge is 0.469 e. The average Bonchev–Trinajstić information content (AvgIpc) is 2.84. The molecule has 0 bridgehead atoms. The van der Waals surface area contributed by atoms with Gasteiger partial charge in [0, 0.05) is 18.7 Å². The molecule has 0 radical (unpaired) electrons. The van der Waals surface area contributed by atoms with E-state index in [1.54, 1.807) is 18.7 Å². The Bertz CT molecular complexity index is 558. The third-order valence-electron chi connectivity index (χ3n) is 3.84. The van der Waals surface area contributed by atoms with Crippen molar-refractivity contribution < 1.29 is 18.7 Å². The van der Waals surface area contributed by atoms with Crippen LogP contribution < -0.4 is 0 Å². The molecule has 1 heterocycles. The van der Waals surface area contributed by atoms with Gasteiger partial charge in [0.2, 0.25) is 0 Å². The lowest BCUT2D eigenvalue weighted by Crippen LogP contribution is -2.35. The maximum absolute atomic E-state index is 13.2.